The molecule has 0 radical (unpaired) electrons. The van der Waals surface area contributed by atoms with Crippen LogP contribution in [0.3, 0.4) is 0 Å². The largest absolute Gasteiger partial charge is 1.00 e. The van der Waals surface area contributed by atoms with Crippen molar-refractivity contribution in [2.75, 3.05) is 89.1 Å². The van der Waals surface area contributed by atoms with E-state index in [0.717, 1.165) is 0 Å². The first kappa shape index (κ1) is 41.2. The van der Waals surface area contributed by atoms with Gasteiger partial charge in [-0.05, 0) is 55.4 Å². The molecule has 1 saturated heterocycles. The van der Waals surface area contributed by atoms with Crippen molar-refractivity contribution in [3.8, 4) is 0 Å². The number of rotatable bonds is 8. The van der Waals surface area contributed by atoms with Crippen molar-refractivity contribution < 1.29 is 90.2 Å². The summed E-state index contributed by atoms with van der Waals surface area (Å²) in [6.45, 7) is 24.2. The topological polar surface area (TPSA) is 152 Å². The van der Waals surface area contributed by atoms with Gasteiger partial charge >= 0.3 is 70.8 Å². The molecule has 0 atom stereocenters. The molecule has 2 aromatic heterocycles. The second-order valence-electron chi connectivity index (χ2n) is 11.3. The van der Waals surface area contributed by atoms with Gasteiger partial charge in [0.25, 0.3) is 0 Å². The Morgan fingerprint density at radius 1 is 0.500 bits per heavy atom. The summed E-state index contributed by atoms with van der Waals surface area (Å²) in [7, 11) is -0.891. The van der Waals surface area contributed by atoms with E-state index in [-0.39, 0.29) is 51.4 Å². The van der Waals surface area contributed by atoms with Gasteiger partial charge < -0.3 is 38.2 Å². The van der Waals surface area contributed by atoms with Crippen LogP contribution in [0.15, 0.2) is 0 Å². The van der Waals surface area contributed by atoms with Gasteiger partial charge in [-0.25, -0.2) is 0 Å². The molecule has 3 heterocycles. The molecule has 0 aliphatic carbocycles. The number of nitrogens with one attached hydrogen (secondary N) is 2. The Bertz CT molecular complexity index is 824. The standard InChI is InChI=1S/C14H30BN10.C12H24O6.K/c1-9(2)22(10(3)4)13-16-20-24(18-13)15-25-19-14(17-21-25)23(11(5)6)12(7)8;1-2-14-5-6-16-9-10-18-12-11-17-8-7-15-4-3-13-1;/h9-12H,15H2,1-8H3;1-12H2;/q-1;;+1/p+2. The summed E-state index contributed by atoms with van der Waals surface area (Å²) >= 11 is 0. The molecule has 18 heteroatoms. The summed E-state index contributed by atoms with van der Waals surface area (Å²) in [5.74, 6) is 1.42. The quantitative estimate of drug-likeness (QED) is 0.257. The number of nitrogens with zero attached hydrogens (tertiary/aromatic N) is 8. The smallest absolute Gasteiger partial charge is 0.377 e. The Kier molecular flexibility index (Phi) is 22.8. The first-order chi connectivity index (χ1) is 20.7. The minimum absolute atomic E-state index is 0. The molecule has 0 amide bonds. The number of ether oxygens (including phenoxy) is 6. The fraction of sp³-hybridized carbons (Fsp3) is 0.923. The maximum absolute atomic E-state index is 5.33. The van der Waals surface area contributed by atoms with E-state index in [4.69, 9.17) is 28.4 Å². The Morgan fingerprint density at radius 3 is 0.932 bits per heavy atom. The van der Waals surface area contributed by atoms with Crippen molar-refractivity contribution in [3.63, 3.8) is 0 Å². The van der Waals surface area contributed by atoms with E-state index in [9.17, 15) is 0 Å². The molecule has 248 valence electrons. The summed E-state index contributed by atoms with van der Waals surface area (Å²) < 4.78 is 35.5. The number of aromatic nitrogens is 8. The molecule has 1 fully saturated rings. The van der Waals surface area contributed by atoms with Crippen LogP contribution in [0.5, 0.6) is 0 Å². The summed E-state index contributed by atoms with van der Waals surface area (Å²) in [6, 6.07) is 1.33. The van der Waals surface area contributed by atoms with Crippen LogP contribution in [0, 0.1) is 0 Å². The van der Waals surface area contributed by atoms with Gasteiger partial charge in [0.1, 0.15) is 0 Å². The summed E-state index contributed by atoms with van der Waals surface area (Å²) in [5.41, 5.74) is 0. The second kappa shape index (κ2) is 24.4. The zero-order chi connectivity index (χ0) is 31.5. The molecule has 2 aromatic rings. The van der Waals surface area contributed by atoms with Crippen molar-refractivity contribution in [1.29, 1.82) is 0 Å². The maximum atomic E-state index is 5.33. The Hall–Kier alpha value is -0.799. The third-order valence-corrected chi connectivity index (χ3v) is 6.37. The number of hydrogen-bond acceptors (Lipinski definition) is 12. The molecule has 0 aromatic carbocycles. The van der Waals surface area contributed by atoms with Crippen molar-refractivity contribution in [2.45, 2.75) is 79.6 Å². The Labute approximate surface area is 305 Å². The molecule has 0 bridgehead atoms. The Balaban J connectivity index is 0.000000453. The van der Waals surface area contributed by atoms with Gasteiger partial charge in [0, 0.05) is 44.6 Å². The van der Waals surface area contributed by atoms with Crippen molar-refractivity contribution in [1.82, 2.24) is 29.8 Å². The fourth-order valence-corrected chi connectivity index (χ4v) is 4.60. The zero-order valence-electron chi connectivity index (χ0n) is 28.8. The summed E-state index contributed by atoms with van der Waals surface area (Å²) in [5, 5.41) is 23.8. The van der Waals surface area contributed by atoms with Crippen LogP contribution < -0.4 is 71.6 Å². The van der Waals surface area contributed by atoms with Crippen LogP contribution in [-0.4, -0.2) is 141 Å². The second-order valence-corrected chi connectivity index (χ2v) is 11.3. The third-order valence-electron chi connectivity index (χ3n) is 6.37. The van der Waals surface area contributed by atoms with Gasteiger partial charge in [-0.1, -0.05) is 0 Å². The van der Waals surface area contributed by atoms with Crippen LogP contribution in [-0.2, 0) is 28.4 Å². The number of H-pyrrole nitrogens is 2. The average Bonchev–Trinajstić information content (AvgIpc) is 3.58. The molecule has 0 saturated carbocycles. The van der Waals surface area contributed by atoms with E-state index in [1.165, 1.54) is 0 Å². The molecule has 1 aliphatic rings. The van der Waals surface area contributed by atoms with Gasteiger partial charge in [-0.2, -0.15) is 9.42 Å². The van der Waals surface area contributed by atoms with E-state index < -0.39 is 7.55 Å². The molecular weight excluding hydrogens is 598 g/mol. The van der Waals surface area contributed by atoms with Crippen LogP contribution in [0.2, 0.25) is 0 Å². The van der Waals surface area contributed by atoms with E-state index >= 15 is 0 Å². The predicted octanol–water partition coefficient (Wildman–Crippen LogP) is -3.76. The summed E-state index contributed by atoms with van der Waals surface area (Å²) in [4.78, 5) is 4.35. The van der Waals surface area contributed by atoms with E-state index in [1.54, 1.807) is 9.42 Å². The maximum Gasteiger partial charge on any atom is 1.00 e. The minimum Gasteiger partial charge on any atom is -0.377 e. The minimum atomic E-state index is -0.891. The van der Waals surface area contributed by atoms with Gasteiger partial charge in [-0.3, -0.25) is 0 Å². The van der Waals surface area contributed by atoms with Crippen molar-refractivity contribution in [3.05, 3.63) is 0 Å². The SMILES string of the molecule is C1COCCOCCOCCOCCOCCO1.CC(C)N(c1n[nH+]n([BH2-]n2nc(N(C(C)C)C(C)C)n[nH+]2)n1)C(C)C.[K+]. The molecule has 3 rings (SSSR count). The average molecular weight is 655 g/mol. The first-order valence-electron chi connectivity index (χ1n) is 15.6. The number of hydrogen-bond donors (Lipinski definition) is 0. The zero-order valence-corrected chi connectivity index (χ0v) is 31.9. The molecule has 1 aliphatic heterocycles. The van der Waals surface area contributed by atoms with Crippen LogP contribution in [0.25, 0.3) is 0 Å². The van der Waals surface area contributed by atoms with Crippen LogP contribution >= 0.6 is 0 Å². The van der Waals surface area contributed by atoms with Crippen molar-refractivity contribution in [2.24, 2.45) is 0 Å². The van der Waals surface area contributed by atoms with E-state index in [2.05, 4.69) is 96.0 Å². The van der Waals surface area contributed by atoms with Gasteiger partial charge in [0.15, 0.2) is 0 Å². The van der Waals surface area contributed by atoms with E-state index in [0.29, 0.717) is 115 Å². The van der Waals surface area contributed by atoms with Gasteiger partial charge in [0.2, 0.25) is 0 Å². The molecule has 0 unspecified atom stereocenters. The van der Waals surface area contributed by atoms with Crippen molar-refractivity contribution >= 4 is 19.4 Å². The van der Waals surface area contributed by atoms with Crippen LogP contribution in [0.4, 0.5) is 11.9 Å². The molecule has 2 N–H and O–H groups in total. The number of tetrazole rings is 2. The molecule has 0 spiro atoms. The van der Waals surface area contributed by atoms with E-state index in [1.807, 2.05) is 0 Å². The first-order valence-corrected chi connectivity index (χ1v) is 15.6. The summed E-state index contributed by atoms with van der Waals surface area (Å²) in [6.07, 6.45) is 0. The third kappa shape index (κ3) is 16.7. The molecule has 16 nitrogen and oxygen atoms in total. The van der Waals surface area contributed by atoms with Gasteiger partial charge in [0.05, 0.1) is 79.3 Å². The Morgan fingerprint density at radius 2 is 0.727 bits per heavy atom. The fourth-order valence-electron chi connectivity index (χ4n) is 4.60. The molecular formula is C26H56BKN10O6+2. The van der Waals surface area contributed by atoms with Crippen LogP contribution in [0.1, 0.15) is 55.4 Å². The van der Waals surface area contributed by atoms with Gasteiger partial charge in [-0.15, -0.1) is 10.4 Å². The molecule has 44 heavy (non-hydrogen) atoms. The number of aromatic amines is 2. The normalized spacial score (nSPS) is 16.6. The monoisotopic (exact) mass is 654 g/mol. The predicted molar refractivity (Wildman–Crippen MR) is 163 cm³/mol. The number of anilines is 2.